The van der Waals surface area contributed by atoms with E-state index in [1.54, 1.807) is 0 Å². The van der Waals surface area contributed by atoms with E-state index in [0.717, 1.165) is 13.2 Å². The molecule has 19 heavy (non-hydrogen) atoms. The normalized spacial score (nSPS) is 17.4. The van der Waals surface area contributed by atoms with Gasteiger partial charge in [-0.3, -0.25) is 0 Å². The summed E-state index contributed by atoms with van der Waals surface area (Å²) in [6, 6.07) is 0. The van der Waals surface area contributed by atoms with Gasteiger partial charge in [-0.2, -0.15) is 0 Å². The number of unbranched alkanes of at least 4 members (excludes halogenated alkanes) is 10. The van der Waals surface area contributed by atoms with E-state index in [1.807, 2.05) is 0 Å². The van der Waals surface area contributed by atoms with Crippen LogP contribution in [0, 0.1) is 5.41 Å². The molecule has 1 fully saturated rings. The van der Waals surface area contributed by atoms with E-state index >= 15 is 0 Å². The molecule has 0 saturated carbocycles. The molecule has 1 heterocycles. The summed E-state index contributed by atoms with van der Waals surface area (Å²) in [6.45, 7) is 6.67. The number of hydrogen-bond donors (Lipinski definition) is 0. The van der Waals surface area contributed by atoms with Gasteiger partial charge >= 0.3 is 0 Å². The van der Waals surface area contributed by atoms with Crippen molar-refractivity contribution in [2.24, 2.45) is 5.41 Å². The predicted octanol–water partition coefficient (Wildman–Crippen LogP) is 6.11. The molecule has 0 aliphatic carbocycles. The Kier molecular flexibility index (Phi) is 9.59. The third-order valence-electron chi connectivity index (χ3n) is 4.88. The molecule has 0 N–H and O–H groups in total. The van der Waals surface area contributed by atoms with Crippen LogP contribution in [0.3, 0.4) is 0 Å². The van der Waals surface area contributed by atoms with E-state index in [4.69, 9.17) is 4.74 Å². The lowest BCUT2D eigenvalue weighted by atomic mass is 9.78. The van der Waals surface area contributed by atoms with Crippen LogP contribution in [0.15, 0.2) is 0 Å². The standard InChI is InChI=1S/C18H36O/c1-3-5-6-7-8-9-10-11-12-13-14-15-18(4-2)16-19-17-18/h3-17H2,1-2H3. The van der Waals surface area contributed by atoms with Crippen molar-refractivity contribution in [3.8, 4) is 0 Å². The van der Waals surface area contributed by atoms with Gasteiger partial charge in [-0.15, -0.1) is 0 Å². The Balaban J connectivity index is 1.76. The molecule has 0 radical (unpaired) electrons. The van der Waals surface area contributed by atoms with Crippen molar-refractivity contribution in [3.05, 3.63) is 0 Å². The summed E-state index contributed by atoms with van der Waals surface area (Å²) in [4.78, 5) is 0. The number of ether oxygens (including phenoxy) is 1. The monoisotopic (exact) mass is 268 g/mol. The summed E-state index contributed by atoms with van der Waals surface area (Å²) in [7, 11) is 0. The zero-order valence-corrected chi connectivity index (χ0v) is 13.5. The van der Waals surface area contributed by atoms with Gasteiger partial charge in [0, 0.05) is 5.41 Å². The lowest BCUT2D eigenvalue weighted by Gasteiger charge is -2.41. The SMILES string of the molecule is CCCCCCCCCCCCCC1(CC)COC1. The van der Waals surface area contributed by atoms with E-state index in [2.05, 4.69) is 13.8 Å². The molecule has 0 aromatic heterocycles. The summed E-state index contributed by atoms with van der Waals surface area (Å²) in [5.41, 5.74) is 0.583. The smallest absolute Gasteiger partial charge is 0.0544 e. The average molecular weight is 268 g/mol. The molecule has 0 unspecified atom stereocenters. The van der Waals surface area contributed by atoms with E-state index in [0.29, 0.717) is 5.41 Å². The van der Waals surface area contributed by atoms with Crippen LogP contribution in [0.2, 0.25) is 0 Å². The van der Waals surface area contributed by atoms with Crippen molar-refractivity contribution in [3.63, 3.8) is 0 Å². The Morgan fingerprint density at radius 2 is 1.16 bits per heavy atom. The second-order valence-electron chi connectivity index (χ2n) is 6.63. The fraction of sp³-hybridized carbons (Fsp3) is 1.00. The average Bonchev–Trinajstić information content (AvgIpc) is 2.38. The van der Waals surface area contributed by atoms with Crippen molar-refractivity contribution in [2.45, 2.75) is 97.3 Å². The Bertz CT molecular complexity index is 190. The van der Waals surface area contributed by atoms with Crippen LogP contribution in [0.25, 0.3) is 0 Å². The van der Waals surface area contributed by atoms with Crippen LogP contribution in [-0.4, -0.2) is 13.2 Å². The maximum absolute atomic E-state index is 5.38. The van der Waals surface area contributed by atoms with E-state index in [1.165, 1.54) is 83.5 Å². The Labute approximate surface area is 121 Å². The maximum Gasteiger partial charge on any atom is 0.0544 e. The summed E-state index contributed by atoms with van der Waals surface area (Å²) in [6.07, 6.45) is 18.6. The lowest BCUT2D eigenvalue weighted by molar-refractivity contribution is -0.120. The van der Waals surface area contributed by atoms with Gasteiger partial charge in [-0.05, 0) is 12.8 Å². The number of rotatable bonds is 13. The van der Waals surface area contributed by atoms with E-state index in [9.17, 15) is 0 Å². The molecule has 1 heteroatoms. The topological polar surface area (TPSA) is 9.23 Å². The molecule has 114 valence electrons. The molecule has 0 spiro atoms. The van der Waals surface area contributed by atoms with Crippen LogP contribution >= 0.6 is 0 Å². The first kappa shape index (κ1) is 17.0. The van der Waals surface area contributed by atoms with Crippen molar-refractivity contribution in [1.82, 2.24) is 0 Å². The van der Waals surface area contributed by atoms with Gasteiger partial charge in [-0.1, -0.05) is 84.5 Å². The molecule has 0 aromatic carbocycles. The highest BCUT2D eigenvalue weighted by Crippen LogP contribution is 2.36. The minimum Gasteiger partial charge on any atom is -0.380 e. The van der Waals surface area contributed by atoms with Crippen LogP contribution in [0.5, 0.6) is 0 Å². The maximum atomic E-state index is 5.38. The zero-order chi connectivity index (χ0) is 13.8. The molecule has 0 amide bonds. The zero-order valence-electron chi connectivity index (χ0n) is 13.5. The van der Waals surface area contributed by atoms with Gasteiger partial charge in [0.05, 0.1) is 13.2 Å². The molecular weight excluding hydrogens is 232 g/mol. The fourth-order valence-corrected chi connectivity index (χ4v) is 3.08. The van der Waals surface area contributed by atoms with Crippen molar-refractivity contribution in [2.75, 3.05) is 13.2 Å². The third-order valence-corrected chi connectivity index (χ3v) is 4.88. The van der Waals surface area contributed by atoms with Crippen LogP contribution < -0.4 is 0 Å². The van der Waals surface area contributed by atoms with Gasteiger partial charge in [0.2, 0.25) is 0 Å². The molecule has 1 rings (SSSR count). The molecule has 1 nitrogen and oxygen atoms in total. The molecule has 0 aromatic rings. The van der Waals surface area contributed by atoms with Gasteiger partial charge in [-0.25, -0.2) is 0 Å². The second kappa shape index (κ2) is 10.7. The van der Waals surface area contributed by atoms with Crippen LogP contribution in [0.1, 0.15) is 97.3 Å². The summed E-state index contributed by atoms with van der Waals surface area (Å²) >= 11 is 0. The first-order chi connectivity index (χ1) is 9.33. The van der Waals surface area contributed by atoms with Gasteiger partial charge < -0.3 is 4.74 Å². The van der Waals surface area contributed by atoms with Crippen molar-refractivity contribution < 1.29 is 4.74 Å². The largest absolute Gasteiger partial charge is 0.380 e. The molecule has 0 bridgehead atoms. The minimum atomic E-state index is 0.583. The highest BCUT2D eigenvalue weighted by molar-refractivity contribution is 4.83. The van der Waals surface area contributed by atoms with Crippen LogP contribution in [-0.2, 0) is 4.74 Å². The summed E-state index contributed by atoms with van der Waals surface area (Å²) in [5.74, 6) is 0. The predicted molar refractivity (Wildman–Crippen MR) is 84.6 cm³/mol. The molecular formula is C18H36O. The first-order valence-corrected chi connectivity index (χ1v) is 8.91. The van der Waals surface area contributed by atoms with Gasteiger partial charge in [0.25, 0.3) is 0 Å². The molecule has 1 aliphatic heterocycles. The lowest BCUT2D eigenvalue weighted by Crippen LogP contribution is -2.41. The molecule has 1 saturated heterocycles. The van der Waals surface area contributed by atoms with Crippen LogP contribution in [0.4, 0.5) is 0 Å². The van der Waals surface area contributed by atoms with E-state index in [-0.39, 0.29) is 0 Å². The highest BCUT2D eigenvalue weighted by atomic mass is 16.5. The quantitative estimate of drug-likeness (QED) is 0.366. The van der Waals surface area contributed by atoms with Gasteiger partial charge in [0.15, 0.2) is 0 Å². The Morgan fingerprint density at radius 1 is 0.684 bits per heavy atom. The first-order valence-electron chi connectivity index (χ1n) is 8.91. The Hall–Kier alpha value is -0.0400. The molecule has 1 aliphatic rings. The van der Waals surface area contributed by atoms with Crippen molar-refractivity contribution in [1.29, 1.82) is 0 Å². The van der Waals surface area contributed by atoms with E-state index < -0.39 is 0 Å². The molecule has 0 atom stereocenters. The Morgan fingerprint density at radius 3 is 1.53 bits per heavy atom. The summed E-state index contributed by atoms with van der Waals surface area (Å²) in [5, 5.41) is 0. The highest BCUT2D eigenvalue weighted by Gasteiger charge is 2.35. The number of hydrogen-bond acceptors (Lipinski definition) is 1. The minimum absolute atomic E-state index is 0.583. The summed E-state index contributed by atoms with van der Waals surface area (Å²) < 4.78 is 5.38. The van der Waals surface area contributed by atoms with Crippen molar-refractivity contribution >= 4 is 0 Å². The fourth-order valence-electron chi connectivity index (χ4n) is 3.08. The second-order valence-corrected chi connectivity index (χ2v) is 6.63. The van der Waals surface area contributed by atoms with Gasteiger partial charge in [0.1, 0.15) is 0 Å². The third kappa shape index (κ3) is 7.34.